The van der Waals surface area contributed by atoms with Crippen molar-refractivity contribution in [3.63, 3.8) is 0 Å². The van der Waals surface area contributed by atoms with Crippen LogP contribution in [-0.4, -0.2) is 29.1 Å². The fourth-order valence-electron chi connectivity index (χ4n) is 2.83. The lowest BCUT2D eigenvalue weighted by Crippen LogP contribution is -2.24. The van der Waals surface area contributed by atoms with E-state index in [1.165, 1.54) is 17.3 Å². The molecular formula is C21H25N5O3S. The van der Waals surface area contributed by atoms with Crippen LogP contribution in [0.2, 0.25) is 0 Å². The highest BCUT2D eigenvalue weighted by Crippen LogP contribution is 2.23. The van der Waals surface area contributed by atoms with Gasteiger partial charge < -0.3 is 5.32 Å². The predicted octanol–water partition coefficient (Wildman–Crippen LogP) is 3.79. The van der Waals surface area contributed by atoms with Crippen molar-refractivity contribution < 1.29 is 13.2 Å². The van der Waals surface area contributed by atoms with Gasteiger partial charge in [0.25, 0.3) is 10.0 Å². The molecule has 2 aromatic carbocycles. The number of amides is 1. The van der Waals surface area contributed by atoms with E-state index in [2.05, 4.69) is 34.0 Å². The first kappa shape index (κ1) is 21.5. The van der Waals surface area contributed by atoms with Crippen LogP contribution in [0.15, 0.2) is 66.1 Å². The van der Waals surface area contributed by atoms with Crippen molar-refractivity contribution in [1.29, 1.82) is 0 Å². The molecule has 2 N–H and O–H groups in total. The quantitative estimate of drug-likeness (QED) is 0.569. The maximum absolute atomic E-state index is 12.6. The molecule has 2 unspecified atom stereocenters. The molecule has 0 aliphatic rings. The topological polar surface area (TPSA) is 106 Å². The van der Waals surface area contributed by atoms with E-state index in [1.807, 2.05) is 12.1 Å². The maximum atomic E-state index is 12.6. The molecule has 0 aliphatic carbocycles. The van der Waals surface area contributed by atoms with E-state index in [4.69, 9.17) is 0 Å². The van der Waals surface area contributed by atoms with Crippen molar-refractivity contribution in [2.24, 2.45) is 0 Å². The first-order chi connectivity index (χ1) is 14.3. The molecule has 0 saturated carbocycles. The van der Waals surface area contributed by atoms with Crippen LogP contribution in [0, 0.1) is 0 Å². The van der Waals surface area contributed by atoms with Gasteiger partial charge in [0.1, 0.15) is 18.7 Å². The molecule has 3 aromatic rings. The van der Waals surface area contributed by atoms with E-state index < -0.39 is 16.1 Å². The van der Waals surface area contributed by atoms with E-state index >= 15 is 0 Å². The number of hydrogen-bond donors (Lipinski definition) is 2. The molecule has 1 heterocycles. The second-order valence-corrected chi connectivity index (χ2v) is 8.78. The Bertz CT molecular complexity index is 1080. The van der Waals surface area contributed by atoms with Crippen LogP contribution >= 0.6 is 0 Å². The molecule has 3 rings (SSSR count). The number of nitrogens with one attached hydrogen (secondary N) is 2. The number of sulfonamides is 1. The Labute approximate surface area is 176 Å². The van der Waals surface area contributed by atoms with Crippen molar-refractivity contribution >= 4 is 27.3 Å². The summed E-state index contributed by atoms with van der Waals surface area (Å²) >= 11 is 0. The summed E-state index contributed by atoms with van der Waals surface area (Å²) in [6, 6.07) is 12.9. The number of rotatable bonds is 8. The van der Waals surface area contributed by atoms with Crippen LogP contribution in [-0.2, 0) is 14.8 Å². The van der Waals surface area contributed by atoms with Crippen LogP contribution in [0.4, 0.5) is 11.4 Å². The van der Waals surface area contributed by atoms with Gasteiger partial charge in [-0.1, -0.05) is 26.0 Å². The monoisotopic (exact) mass is 427 g/mol. The van der Waals surface area contributed by atoms with E-state index in [-0.39, 0.29) is 10.8 Å². The van der Waals surface area contributed by atoms with Crippen LogP contribution in [0.3, 0.4) is 0 Å². The summed E-state index contributed by atoms with van der Waals surface area (Å²) in [5.41, 5.74) is 2.06. The Morgan fingerprint density at radius 1 is 1.03 bits per heavy atom. The molecule has 0 fully saturated rings. The van der Waals surface area contributed by atoms with Gasteiger partial charge in [-0.25, -0.2) is 18.1 Å². The highest BCUT2D eigenvalue weighted by Gasteiger charge is 2.17. The summed E-state index contributed by atoms with van der Waals surface area (Å²) in [6.45, 7) is 5.91. The zero-order valence-corrected chi connectivity index (χ0v) is 17.9. The van der Waals surface area contributed by atoms with Gasteiger partial charge in [-0.3, -0.25) is 9.52 Å². The van der Waals surface area contributed by atoms with Gasteiger partial charge in [-0.15, -0.1) is 0 Å². The number of benzene rings is 2. The van der Waals surface area contributed by atoms with Crippen molar-refractivity contribution in [2.45, 2.75) is 44.0 Å². The number of carbonyl (C=O) groups excluding carboxylic acids is 1. The van der Waals surface area contributed by atoms with Gasteiger partial charge in [-0.2, -0.15) is 5.10 Å². The Morgan fingerprint density at radius 3 is 2.23 bits per heavy atom. The maximum Gasteiger partial charge on any atom is 0.261 e. The van der Waals surface area contributed by atoms with Gasteiger partial charge in [0.15, 0.2) is 0 Å². The smallest absolute Gasteiger partial charge is 0.261 e. The van der Waals surface area contributed by atoms with Crippen LogP contribution in [0.5, 0.6) is 0 Å². The van der Waals surface area contributed by atoms with Gasteiger partial charge in [-0.05, 0) is 61.2 Å². The Balaban J connectivity index is 1.65. The molecular weight excluding hydrogens is 402 g/mol. The number of hydrogen-bond acceptors (Lipinski definition) is 5. The normalized spacial score (nSPS) is 13.4. The number of nitrogens with zero attached hydrogens (tertiary/aromatic N) is 3. The van der Waals surface area contributed by atoms with Crippen LogP contribution in [0.1, 0.15) is 44.7 Å². The average Bonchev–Trinajstić information content (AvgIpc) is 3.28. The molecule has 0 bridgehead atoms. The van der Waals surface area contributed by atoms with Crippen LogP contribution < -0.4 is 10.0 Å². The third kappa shape index (κ3) is 5.04. The molecule has 158 valence electrons. The summed E-state index contributed by atoms with van der Waals surface area (Å²) in [4.78, 5) is 16.3. The fraction of sp³-hybridized carbons (Fsp3) is 0.286. The van der Waals surface area contributed by atoms with Gasteiger partial charge in [0, 0.05) is 11.4 Å². The van der Waals surface area contributed by atoms with E-state index in [0.29, 0.717) is 17.3 Å². The van der Waals surface area contributed by atoms with Crippen molar-refractivity contribution in [1.82, 2.24) is 14.8 Å². The molecule has 0 saturated heterocycles. The largest absolute Gasteiger partial charge is 0.324 e. The third-order valence-corrected chi connectivity index (χ3v) is 6.39. The molecule has 8 nitrogen and oxygen atoms in total. The van der Waals surface area contributed by atoms with E-state index in [1.54, 1.807) is 43.3 Å². The summed E-state index contributed by atoms with van der Waals surface area (Å²) in [7, 11) is -3.70. The zero-order valence-electron chi connectivity index (χ0n) is 17.1. The Kier molecular flexibility index (Phi) is 6.51. The highest BCUT2D eigenvalue weighted by molar-refractivity contribution is 7.92. The number of anilines is 2. The van der Waals surface area contributed by atoms with Crippen molar-refractivity contribution in [3.05, 3.63) is 66.7 Å². The second kappa shape index (κ2) is 9.08. The lowest BCUT2D eigenvalue weighted by atomic mass is 9.99. The molecule has 0 radical (unpaired) electrons. The highest BCUT2D eigenvalue weighted by atomic mass is 32.2. The average molecular weight is 428 g/mol. The molecule has 9 heteroatoms. The SMILES string of the molecule is CCC(C)c1ccc(S(=O)(=O)Nc2ccc(NC(=O)C(C)n3cncn3)cc2)cc1. The Hall–Kier alpha value is -3.20. The van der Waals surface area contributed by atoms with Crippen LogP contribution in [0.25, 0.3) is 0 Å². The lowest BCUT2D eigenvalue weighted by molar-refractivity contribution is -0.119. The molecule has 0 spiro atoms. The minimum Gasteiger partial charge on any atom is -0.324 e. The van der Waals surface area contributed by atoms with Crippen molar-refractivity contribution in [2.75, 3.05) is 10.0 Å². The second-order valence-electron chi connectivity index (χ2n) is 7.10. The van der Waals surface area contributed by atoms with Gasteiger partial charge in [0.05, 0.1) is 4.90 Å². The molecule has 1 aromatic heterocycles. The minimum atomic E-state index is -3.70. The third-order valence-electron chi connectivity index (χ3n) is 4.99. The van der Waals surface area contributed by atoms with Crippen molar-refractivity contribution in [3.8, 4) is 0 Å². The molecule has 0 aliphatic heterocycles. The molecule has 2 atom stereocenters. The van der Waals surface area contributed by atoms with E-state index in [0.717, 1.165) is 12.0 Å². The predicted molar refractivity (Wildman–Crippen MR) is 116 cm³/mol. The van der Waals surface area contributed by atoms with E-state index in [9.17, 15) is 13.2 Å². The van der Waals surface area contributed by atoms with Gasteiger partial charge >= 0.3 is 0 Å². The standard InChI is InChI=1S/C21H25N5O3S/c1-4-15(2)17-5-11-20(12-6-17)30(28,29)25-19-9-7-18(8-10-19)24-21(27)16(3)26-14-22-13-23-26/h5-16,25H,4H2,1-3H3,(H,24,27). The summed E-state index contributed by atoms with van der Waals surface area (Å²) < 4.78 is 29.3. The Morgan fingerprint density at radius 2 is 1.67 bits per heavy atom. The number of carbonyl (C=O) groups is 1. The fourth-order valence-corrected chi connectivity index (χ4v) is 3.89. The number of aromatic nitrogens is 3. The minimum absolute atomic E-state index is 0.202. The first-order valence-corrected chi connectivity index (χ1v) is 11.2. The first-order valence-electron chi connectivity index (χ1n) is 9.68. The molecule has 1 amide bonds. The summed E-state index contributed by atoms with van der Waals surface area (Å²) in [5, 5.41) is 6.72. The zero-order chi connectivity index (χ0) is 21.7. The summed E-state index contributed by atoms with van der Waals surface area (Å²) in [5.74, 6) is 0.125. The van der Waals surface area contributed by atoms with Gasteiger partial charge in [0.2, 0.25) is 5.91 Å². The lowest BCUT2D eigenvalue weighted by Gasteiger charge is -2.13. The molecule has 30 heavy (non-hydrogen) atoms. The summed E-state index contributed by atoms with van der Waals surface area (Å²) in [6.07, 6.45) is 3.82.